The summed E-state index contributed by atoms with van der Waals surface area (Å²) in [5.74, 6) is 1.11. The smallest absolute Gasteiger partial charge is 0.119 e. The Kier molecular flexibility index (Phi) is 6.03. The number of hydrogen-bond acceptors (Lipinski definition) is 4. The first kappa shape index (κ1) is 16.3. The minimum Gasteiger partial charge on any atom is -0.491 e. The van der Waals surface area contributed by atoms with Crippen LogP contribution in [-0.2, 0) is 0 Å². The highest BCUT2D eigenvalue weighted by molar-refractivity contribution is 5.26. The molecule has 2 N–H and O–H groups in total. The van der Waals surface area contributed by atoms with Crippen molar-refractivity contribution in [3.05, 3.63) is 29.8 Å². The zero-order chi connectivity index (χ0) is 15.2. The SMILES string of the molecule is Cc1ccc(OCC(O)CN2CCCC(C(C)O)C2)cc1. The van der Waals surface area contributed by atoms with Crippen LogP contribution in [0.5, 0.6) is 5.75 Å². The number of aryl methyl sites for hydroxylation is 1. The maximum absolute atomic E-state index is 10.1. The van der Waals surface area contributed by atoms with Crippen LogP contribution in [0.3, 0.4) is 0 Å². The normalized spacial score (nSPS) is 22.8. The molecule has 0 saturated carbocycles. The predicted molar refractivity (Wildman–Crippen MR) is 83.5 cm³/mol. The number of β-amino-alcohol motifs (C(OH)–C–C–N with tert-alkyl or cyclic N) is 1. The summed E-state index contributed by atoms with van der Waals surface area (Å²) in [6.45, 7) is 6.65. The van der Waals surface area contributed by atoms with Gasteiger partial charge in [-0.1, -0.05) is 17.7 Å². The summed E-state index contributed by atoms with van der Waals surface area (Å²) in [7, 11) is 0. The second kappa shape index (κ2) is 7.78. The number of aliphatic hydroxyl groups is 2. The Morgan fingerprint density at radius 2 is 2.00 bits per heavy atom. The third-order valence-corrected chi connectivity index (χ3v) is 4.16. The summed E-state index contributed by atoms with van der Waals surface area (Å²) in [5, 5.41) is 19.8. The average Bonchev–Trinajstić information content (AvgIpc) is 2.47. The van der Waals surface area contributed by atoms with Crippen molar-refractivity contribution in [2.75, 3.05) is 26.2 Å². The summed E-state index contributed by atoms with van der Waals surface area (Å²) in [4.78, 5) is 2.23. The van der Waals surface area contributed by atoms with Crippen molar-refractivity contribution >= 4 is 0 Å². The summed E-state index contributed by atoms with van der Waals surface area (Å²) in [6.07, 6.45) is 1.39. The molecule has 0 bridgehead atoms. The van der Waals surface area contributed by atoms with E-state index in [1.54, 1.807) is 0 Å². The molecule has 118 valence electrons. The first-order chi connectivity index (χ1) is 10.0. The average molecular weight is 293 g/mol. The van der Waals surface area contributed by atoms with Gasteiger partial charge in [0.05, 0.1) is 6.10 Å². The predicted octanol–water partition coefficient (Wildman–Crippen LogP) is 1.83. The molecule has 0 aliphatic carbocycles. The Hall–Kier alpha value is -1.10. The Bertz CT molecular complexity index is 419. The number of benzene rings is 1. The molecule has 0 amide bonds. The van der Waals surface area contributed by atoms with Crippen LogP contribution in [0, 0.1) is 12.8 Å². The van der Waals surface area contributed by atoms with Gasteiger partial charge in [-0.05, 0) is 51.3 Å². The monoisotopic (exact) mass is 293 g/mol. The van der Waals surface area contributed by atoms with E-state index in [1.807, 2.05) is 38.1 Å². The molecule has 1 aliphatic heterocycles. The Labute approximate surface area is 127 Å². The molecule has 1 aromatic carbocycles. The van der Waals surface area contributed by atoms with E-state index in [-0.39, 0.29) is 6.10 Å². The molecule has 1 aromatic rings. The fourth-order valence-corrected chi connectivity index (χ4v) is 2.83. The highest BCUT2D eigenvalue weighted by Crippen LogP contribution is 2.20. The molecular weight excluding hydrogens is 266 g/mol. The van der Waals surface area contributed by atoms with Crippen molar-refractivity contribution in [1.82, 2.24) is 4.90 Å². The Morgan fingerprint density at radius 3 is 2.67 bits per heavy atom. The lowest BCUT2D eigenvalue weighted by Crippen LogP contribution is -2.44. The zero-order valence-corrected chi connectivity index (χ0v) is 13.0. The van der Waals surface area contributed by atoms with Crippen molar-refractivity contribution in [3.63, 3.8) is 0 Å². The number of likely N-dealkylation sites (tertiary alicyclic amines) is 1. The van der Waals surface area contributed by atoms with Gasteiger partial charge in [-0.2, -0.15) is 0 Å². The van der Waals surface area contributed by atoms with Crippen molar-refractivity contribution in [2.24, 2.45) is 5.92 Å². The number of aliphatic hydroxyl groups excluding tert-OH is 2. The molecule has 0 aromatic heterocycles. The van der Waals surface area contributed by atoms with Crippen LogP contribution in [0.2, 0.25) is 0 Å². The molecule has 3 atom stereocenters. The van der Waals surface area contributed by atoms with Crippen LogP contribution in [0.15, 0.2) is 24.3 Å². The van der Waals surface area contributed by atoms with Gasteiger partial charge in [-0.3, -0.25) is 0 Å². The van der Waals surface area contributed by atoms with E-state index in [2.05, 4.69) is 4.90 Å². The second-order valence-corrected chi connectivity index (χ2v) is 6.18. The van der Waals surface area contributed by atoms with E-state index in [0.717, 1.165) is 31.7 Å². The molecule has 0 spiro atoms. The summed E-state index contributed by atoms with van der Waals surface area (Å²) in [5.41, 5.74) is 1.19. The lowest BCUT2D eigenvalue weighted by molar-refractivity contribution is 0.0244. The van der Waals surface area contributed by atoms with Crippen LogP contribution in [0.25, 0.3) is 0 Å². The maximum Gasteiger partial charge on any atom is 0.119 e. The molecule has 1 saturated heterocycles. The molecule has 4 heteroatoms. The molecule has 1 fully saturated rings. The highest BCUT2D eigenvalue weighted by atomic mass is 16.5. The van der Waals surface area contributed by atoms with Crippen molar-refractivity contribution in [2.45, 2.75) is 38.9 Å². The van der Waals surface area contributed by atoms with Gasteiger partial charge in [0, 0.05) is 13.1 Å². The lowest BCUT2D eigenvalue weighted by atomic mass is 9.93. The van der Waals surface area contributed by atoms with Gasteiger partial charge in [-0.15, -0.1) is 0 Å². The quantitative estimate of drug-likeness (QED) is 0.840. The zero-order valence-electron chi connectivity index (χ0n) is 13.0. The van der Waals surface area contributed by atoms with E-state index >= 15 is 0 Å². The van der Waals surface area contributed by atoms with E-state index in [0.29, 0.717) is 19.1 Å². The second-order valence-electron chi connectivity index (χ2n) is 6.18. The van der Waals surface area contributed by atoms with Gasteiger partial charge in [0.15, 0.2) is 0 Å². The fourth-order valence-electron chi connectivity index (χ4n) is 2.83. The first-order valence-electron chi connectivity index (χ1n) is 7.82. The van der Waals surface area contributed by atoms with E-state index < -0.39 is 6.10 Å². The van der Waals surface area contributed by atoms with Gasteiger partial charge in [0.2, 0.25) is 0 Å². The molecular formula is C17H27NO3. The molecule has 3 unspecified atom stereocenters. The molecule has 21 heavy (non-hydrogen) atoms. The molecule has 1 heterocycles. The molecule has 4 nitrogen and oxygen atoms in total. The van der Waals surface area contributed by atoms with E-state index in [4.69, 9.17) is 4.74 Å². The molecule has 0 radical (unpaired) electrons. The van der Waals surface area contributed by atoms with Crippen molar-refractivity contribution in [3.8, 4) is 5.75 Å². The van der Waals surface area contributed by atoms with Gasteiger partial charge < -0.3 is 19.8 Å². The number of piperidine rings is 1. The topological polar surface area (TPSA) is 52.9 Å². The third kappa shape index (κ3) is 5.30. The lowest BCUT2D eigenvalue weighted by Gasteiger charge is -2.35. The standard InChI is InChI=1S/C17H27NO3/c1-13-5-7-17(8-6-13)21-12-16(20)11-18-9-3-4-15(10-18)14(2)19/h5-8,14-16,19-20H,3-4,9-12H2,1-2H3. The third-order valence-electron chi connectivity index (χ3n) is 4.16. The summed E-state index contributed by atoms with van der Waals surface area (Å²) in [6, 6.07) is 7.85. The van der Waals surface area contributed by atoms with Crippen molar-refractivity contribution < 1.29 is 14.9 Å². The Morgan fingerprint density at radius 1 is 1.29 bits per heavy atom. The fraction of sp³-hybridized carbons (Fsp3) is 0.647. The minimum absolute atomic E-state index is 0.270. The number of hydrogen-bond donors (Lipinski definition) is 2. The minimum atomic E-state index is -0.501. The van der Waals surface area contributed by atoms with E-state index in [9.17, 15) is 10.2 Å². The van der Waals surface area contributed by atoms with E-state index in [1.165, 1.54) is 5.56 Å². The molecule has 2 rings (SSSR count). The largest absolute Gasteiger partial charge is 0.491 e. The number of ether oxygens (including phenoxy) is 1. The first-order valence-corrected chi connectivity index (χ1v) is 7.82. The van der Waals surface area contributed by atoms with Gasteiger partial charge >= 0.3 is 0 Å². The van der Waals surface area contributed by atoms with Crippen molar-refractivity contribution in [1.29, 1.82) is 0 Å². The molecule has 1 aliphatic rings. The number of rotatable bonds is 6. The number of nitrogens with zero attached hydrogens (tertiary/aromatic N) is 1. The van der Waals surface area contributed by atoms with Gasteiger partial charge in [0.1, 0.15) is 18.5 Å². The highest BCUT2D eigenvalue weighted by Gasteiger charge is 2.24. The van der Waals surface area contributed by atoms with Crippen LogP contribution >= 0.6 is 0 Å². The van der Waals surface area contributed by atoms with Crippen LogP contribution < -0.4 is 4.74 Å². The summed E-state index contributed by atoms with van der Waals surface area (Å²) < 4.78 is 5.61. The van der Waals surface area contributed by atoms with Gasteiger partial charge in [-0.25, -0.2) is 0 Å². The maximum atomic E-state index is 10.1. The van der Waals surface area contributed by atoms with Crippen LogP contribution in [0.4, 0.5) is 0 Å². The van der Waals surface area contributed by atoms with Crippen LogP contribution in [-0.4, -0.2) is 53.6 Å². The van der Waals surface area contributed by atoms with Gasteiger partial charge in [0.25, 0.3) is 0 Å². The summed E-state index contributed by atoms with van der Waals surface area (Å²) >= 11 is 0. The van der Waals surface area contributed by atoms with Crippen LogP contribution in [0.1, 0.15) is 25.3 Å². The Balaban J connectivity index is 1.73.